The number of pyridine rings is 1. The quantitative estimate of drug-likeness (QED) is 0.768. The maximum Gasteiger partial charge on any atom is 0.124 e. The molecular formula is C10H10BrNO. The normalized spacial score (nSPS) is 9.62. The molecule has 1 heterocycles. The number of hydrogen-bond acceptors (Lipinski definition) is 2. The van der Waals surface area contributed by atoms with Crippen LogP contribution in [0, 0.1) is 6.92 Å². The second-order valence-corrected chi connectivity index (χ2v) is 2.80. The Morgan fingerprint density at radius 1 is 1.23 bits per heavy atom. The van der Waals surface area contributed by atoms with E-state index >= 15 is 0 Å². The van der Waals surface area contributed by atoms with Crippen molar-refractivity contribution in [2.75, 3.05) is 0 Å². The predicted octanol–water partition coefficient (Wildman–Crippen LogP) is 2.83. The second-order valence-electron chi connectivity index (χ2n) is 2.80. The molecule has 0 spiro atoms. The molecule has 0 saturated heterocycles. The van der Waals surface area contributed by atoms with Crippen LogP contribution in [0.15, 0.2) is 30.5 Å². The number of hydrogen-bond donors (Lipinski definition) is 1. The van der Waals surface area contributed by atoms with Gasteiger partial charge < -0.3 is 5.11 Å². The minimum Gasteiger partial charge on any atom is -0.507 e. The third-order valence-electron chi connectivity index (χ3n) is 1.95. The summed E-state index contributed by atoms with van der Waals surface area (Å²) >= 11 is 0. The maximum atomic E-state index is 9.46. The molecule has 2 rings (SSSR count). The number of halogens is 1. The van der Waals surface area contributed by atoms with Gasteiger partial charge in [-0.05, 0) is 30.7 Å². The van der Waals surface area contributed by atoms with Gasteiger partial charge in [0.1, 0.15) is 5.75 Å². The van der Waals surface area contributed by atoms with Gasteiger partial charge in [0.25, 0.3) is 0 Å². The molecule has 68 valence electrons. The smallest absolute Gasteiger partial charge is 0.124 e. The number of aromatic hydroxyl groups is 1. The van der Waals surface area contributed by atoms with E-state index in [4.69, 9.17) is 0 Å². The van der Waals surface area contributed by atoms with Crippen molar-refractivity contribution in [1.29, 1.82) is 0 Å². The van der Waals surface area contributed by atoms with E-state index in [9.17, 15) is 5.11 Å². The zero-order valence-corrected chi connectivity index (χ0v) is 8.90. The fraction of sp³-hybridized carbons (Fsp3) is 0.100. The molecule has 0 bridgehead atoms. The lowest BCUT2D eigenvalue weighted by molar-refractivity contribution is 0.481. The van der Waals surface area contributed by atoms with Gasteiger partial charge in [-0.3, -0.25) is 4.98 Å². The first-order valence-corrected chi connectivity index (χ1v) is 3.82. The van der Waals surface area contributed by atoms with E-state index in [1.165, 1.54) is 0 Å². The van der Waals surface area contributed by atoms with Crippen molar-refractivity contribution < 1.29 is 5.11 Å². The van der Waals surface area contributed by atoms with Crippen LogP contribution in [-0.2, 0) is 0 Å². The molecule has 2 nitrogen and oxygen atoms in total. The summed E-state index contributed by atoms with van der Waals surface area (Å²) in [5, 5.41) is 10.3. The Morgan fingerprint density at radius 3 is 2.69 bits per heavy atom. The molecule has 0 radical (unpaired) electrons. The molecule has 0 amide bonds. The van der Waals surface area contributed by atoms with Crippen LogP contribution in [0.4, 0.5) is 0 Å². The molecule has 1 aromatic heterocycles. The largest absolute Gasteiger partial charge is 0.507 e. The lowest BCUT2D eigenvalue weighted by Gasteiger charge is -2.01. The predicted molar refractivity (Wildman–Crippen MR) is 58.5 cm³/mol. The first-order chi connectivity index (χ1) is 5.79. The Kier molecular flexibility index (Phi) is 2.88. The molecule has 0 saturated carbocycles. The minimum absolute atomic E-state index is 0. The van der Waals surface area contributed by atoms with E-state index in [-0.39, 0.29) is 17.0 Å². The zero-order chi connectivity index (χ0) is 8.55. The summed E-state index contributed by atoms with van der Waals surface area (Å²) in [6, 6.07) is 7.25. The van der Waals surface area contributed by atoms with Crippen molar-refractivity contribution in [3.8, 4) is 5.75 Å². The Labute approximate surface area is 87.0 Å². The molecule has 3 heteroatoms. The fourth-order valence-electron chi connectivity index (χ4n) is 1.30. The number of aryl methyl sites for hydroxylation is 1. The van der Waals surface area contributed by atoms with Crippen LogP contribution in [0.2, 0.25) is 0 Å². The van der Waals surface area contributed by atoms with Crippen LogP contribution >= 0.6 is 17.0 Å². The third kappa shape index (κ3) is 1.65. The molecular weight excluding hydrogens is 230 g/mol. The Bertz CT molecular complexity index is 388. The van der Waals surface area contributed by atoms with Gasteiger partial charge in [-0.25, -0.2) is 0 Å². The van der Waals surface area contributed by atoms with E-state index in [1.807, 2.05) is 25.1 Å². The number of fused-ring (bicyclic) bond motifs is 1. The molecule has 0 aliphatic carbocycles. The van der Waals surface area contributed by atoms with Gasteiger partial charge >= 0.3 is 0 Å². The average Bonchev–Trinajstić information content (AvgIpc) is 2.12. The van der Waals surface area contributed by atoms with E-state index in [1.54, 1.807) is 12.3 Å². The average molecular weight is 240 g/mol. The van der Waals surface area contributed by atoms with Gasteiger partial charge in [0.05, 0.1) is 5.52 Å². The molecule has 0 aliphatic rings. The molecule has 0 atom stereocenters. The molecule has 0 aliphatic heterocycles. The number of aromatic nitrogens is 1. The number of phenols is 1. The lowest BCUT2D eigenvalue weighted by Crippen LogP contribution is -1.81. The van der Waals surface area contributed by atoms with Gasteiger partial charge in [0, 0.05) is 11.6 Å². The van der Waals surface area contributed by atoms with Crippen molar-refractivity contribution in [2.24, 2.45) is 0 Å². The monoisotopic (exact) mass is 239 g/mol. The summed E-state index contributed by atoms with van der Waals surface area (Å²) < 4.78 is 0. The number of nitrogens with zero attached hydrogens (tertiary/aromatic N) is 1. The summed E-state index contributed by atoms with van der Waals surface area (Å²) in [5.74, 6) is 0.295. The van der Waals surface area contributed by atoms with E-state index in [0.29, 0.717) is 5.75 Å². The lowest BCUT2D eigenvalue weighted by atomic mass is 10.1. The van der Waals surface area contributed by atoms with Crippen LogP contribution < -0.4 is 0 Å². The summed E-state index contributed by atoms with van der Waals surface area (Å²) in [6.07, 6.45) is 1.73. The van der Waals surface area contributed by atoms with Crippen molar-refractivity contribution in [3.63, 3.8) is 0 Å². The highest BCUT2D eigenvalue weighted by molar-refractivity contribution is 8.93. The van der Waals surface area contributed by atoms with Gasteiger partial charge in [-0.2, -0.15) is 0 Å². The Hall–Kier alpha value is -1.09. The highest BCUT2D eigenvalue weighted by Crippen LogP contribution is 2.24. The zero-order valence-electron chi connectivity index (χ0n) is 7.19. The minimum atomic E-state index is 0. The van der Waals surface area contributed by atoms with E-state index in [0.717, 1.165) is 16.5 Å². The number of rotatable bonds is 0. The van der Waals surface area contributed by atoms with E-state index < -0.39 is 0 Å². The van der Waals surface area contributed by atoms with Crippen molar-refractivity contribution in [1.82, 2.24) is 4.98 Å². The molecule has 0 unspecified atom stereocenters. The topological polar surface area (TPSA) is 33.1 Å². The molecule has 0 fully saturated rings. The molecule has 1 N–H and O–H groups in total. The third-order valence-corrected chi connectivity index (χ3v) is 1.95. The van der Waals surface area contributed by atoms with Crippen LogP contribution in [0.3, 0.4) is 0 Å². The van der Waals surface area contributed by atoms with Crippen molar-refractivity contribution in [2.45, 2.75) is 6.92 Å². The Balaban J connectivity index is 0.000000845. The molecule has 1 aromatic carbocycles. The van der Waals surface area contributed by atoms with Crippen LogP contribution in [0.1, 0.15) is 5.56 Å². The number of phenolic OH excluding ortho intramolecular Hbond substituents is 1. The summed E-state index contributed by atoms with van der Waals surface area (Å²) in [5.41, 5.74) is 1.96. The fourth-order valence-corrected chi connectivity index (χ4v) is 1.30. The maximum absolute atomic E-state index is 9.46. The SMILES string of the molecule is Br.Cc1ccc(O)c2cccnc12. The van der Waals surface area contributed by atoms with Gasteiger partial charge in [-0.1, -0.05) is 6.07 Å². The summed E-state index contributed by atoms with van der Waals surface area (Å²) in [6.45, 7) is 1.98. The highest BCUT2D eigenvalue weighted by Gasteiger charge is 2.00. The number of benzene rings is 1. The molecule has 2 aromatic rings. The van der Waals surface area contributed by atoms with Gasteiger partial charge in [-0.15, -0.1) is 17.0 Å². The summed E-state index contributed by atoms with van der Waals surface area (Å²) in [7, 11) is 0. The standard InChI is InChI=1S/C10H9NO.BrH/c1-7-4-5-9(12)8-3-2-6-11-10(7)8;/h2-6,12H,1H3;1H. The highest BCUT2D eigenvalue weighted by atomic mass is 79.9. The summed E-state index contributed by atoms with van der Waals surface area (Å²) in [4.78, 5) is 4.18. The van der Waals surface area contributed by atoms with Crippen LogP contribution in [-0.4, -0.2) is 10.1 Å². The molecule has 13 heavy (non-hydrogen) atoms. The first kappa shape index (κ1) is 9.99. The van der Waals surface area contributed by atoms with Gasteiger partial charge in [0.15, 0.2) is 0 Å². The second kappa shape index (κ2) is 3.75. The van der Waals surface area contributed by atoms with E-state index in [2.05, 4.69) is 4.98 Å². The van der Waals surface area contributed by atoms with Crippen molar-refractivity contribution >= 4 is 27.9 Å². The van der Waals surface area contributed by atoms with Crippen LogP contribution in [0.25, 0.3) is 10.9 Å². The van der Waals surface area contributed by atoms with Gasteiger partial charge in [0.2, 0.25) is 0 Å². The Morgan fingerprint density at radius 2 is 2.00 bits per heavy atom. The van der Waals surface area contributed by atoms with Crippen LogP contribution in [0.5, 0.6) is 5.75 Å². The van der Waals surface area contributed by atoms with Crippen molar-refractivity contribution in [3.05, 3.63) is 36.0 Å². The first-order valence-electron chi connectivity index (χ1n) is 3.82.